The maximum absolute atomic E-state index is 2.65. The Hall–Kier alpha value is 1.08. The Morgan fingerprint density at radius 1 is 0.833 bits per heavy atom. The van der Waals surface area contributed by atoms with Gasteiger partial charge in [-0.2, -0.15) is 0 Å². The Kier molecular flexibility index (Phi) is 4.95. The first-order chi connectivity index (χ1) is 5.19. The minimum Gasteiger partial charge on any atom is -0.0773 e. The standard InChI is InChI=1S/C7H26Si5/c1-8-9-10(11(2,3)4)12(5,6)7/h10H,8-9H2,1-7H3. The molecule has 0 aliphatic heterocycles. The summed E-state index contributed by atoms with van der Waals surface area (Å²) < 4.78 is 0. The van der Waals surface area contributed by atoms with Crippen LogP contribution in [0.2, 0.25) is 45.8 Å². The van der Waals surface area contributed by atoms with E-state index in [1.54, 1.807) is 0 Å². The number of rotatable bonds is 4. The molecule has 0 aliphatic carbocycles. The topological polar surface area (TPSA) is 0 Å². The predicted octanol–water partition coefficient (Wildman–Crippen LogP) is 0.844. The molecule has 0 spiro atoms. The van der Waals surface area contributed by atoms with Crippen molar-refractivity contribution in [2.75, 3.05) is 0 Å². The normalized spacial score (nSPS) is 16.0. The van der Waals surface area contributed by atoms with Gasteiger partial charge in [0.2, 0.25) is 0 Å². The van der Waals surface area contributed by atoms with Crippen LogP contribution >= 0.6 is 0 Å². The summed E-state index contributed by atoms with van der Waals surface area (Å²) >= 11 is 0. The van der Waals surface area contributed by atoms with Crippen molar-refractivity contribution in [2.24, 2.45) is 0 Å². The molecular weight excluding hydrogens is 225 g/mol. The largest absolute Gasteiger partial charge is 0.0773 e. The van der Waals surface area contributed by atoms with Gasteiger partial charge in [-0.3, -0.25) is 0 Å². The Morgan fingerprint density at radius 3 is 1.25 bits per heavy atom. The van der Waals surface area contributed by atoms with Crippen molar-refractivity contribution in [3.8, 4) is 0 Å². The summed E-state index contributed by atoms with van der Waals surface area (Å²) in [5.41, 5.74) is 0. The Morgan fingerprint density at radius 2 is 1.17 bits per heavy atom. The first-order valence-corrected chi connectivity index (χ1v) is 24.5. The van der Waals surface area contributed by atoms with E-state index in [2.05, 4.69) is 45.8 Å². The molecular formula is C7H26Si5. The van der Waals surface area contributed by atoms with E-state index in [1.807, 2.05) is 0 Å². The van der Waals surface area contributed by atoms with Gasteiger partial charge in [0.25, 0.3) is 0 Å². The van der Waals surface area contributed by atoms with Crippen LogP contribution in [0.15, 0.2) is 0 Å². The molecule has 0 rings (SSSR count). The lowest BCUT2D eigenvalue weighted by atomic mass is 11.8. The minimum atomic E-state index is -0.646. The average Bonchev–Trinajstić information content (AvgIpc) is 1.77. The van der Waals surface area contributed by atoms with Crippen molar-refractivity contribution >= 4 is 40.1 Å². The van der Waals surface area contributed by atoms with E-state index in [-0.39, 0.29) is 7.35 Å². The number of hydrogen-bond donors (Lipinski definition) is 0. The predicted molar refractivity (Wildman–Crippen MR) is 76.8 cm³/mol. The summed E-state index contributed by atoms with van der Waals surface area (Å²) in [4.78, 5) is 0. The van der Waals surface area contributed by atoms with E-state index in [0.29, 0.717) is 17.6 Å². The zero-order chi connectivity index (χ0) is 9.99. The average molecular weight is 251 g/mol. The molecule has 0 aromatic heterocycles. The van der Waals surface area contributed by atoms with Crippen LogP contribution in [-0.4, -0.2) is 40.1 Å². The highest BCUT2D eigenvalue weighted by molar-refractivity contribution is 7.80. The van der Waals surface area contributed by atoms with E-state index in [1.165, 1.54) is 0 Å². The van der Waals surface area contributed by atoms with Crippen molar-refractivity contribution in [1.29, 1.82) is 0 Å². The van der Waals surface area contributed by atoms with Crippen LogP contribution in [0, 0.1) is 0 Å². The van der Waals surface area contributed by atoms with E-state index < -0.39 is 15.2 Å². The highest BCUT2D eigenvalue weighted by Gasteiger charge is 2.37. The SMILES string of the molecule is C[SiH2][SiH2][SiH]([Si](C)(C)C)[Si](C)(C)C. The van der Waals surface area contributed by atoms with Crippen LogP contribution in [0.1, 0.15) is 0 Å². The van der Waals surface area contributed by atoms with Crippen LogP contribution in [0.5, 0.6) is 0 Å². The molecule has 0 N–H and O–H groups in total. The first kappa shape index (κ1) is 13.1. The van der Waals surface area contributed by atoms with Gasteiger partial charge in [0.05, 0.1) is 0 Å². The lowest BCUT2D eigenvalue weighted by molar-refractivity contribution is 1.81. The zero-order valence-corrected chi connectivity index (χ0v) is 16.0. The van der Waals surface area contributed by atoms with Crippen LogP contribution < -0.4 is 0 Å². The van der Waals surface area contributed by atoms with Crippen LogP contribution in [0.3, 0.4) is 0 Å². The third-order valence-corrected chi connectivity index (χ3v) is 87.6. The van der Waals surface area contributed by atoms with Crippen molar-refractivity contribution < 1.29 is 0 Å². The summed E-state index contributed by atoms with van der Waals surface area (Å²) in [7, 11) is -0.418. The Balaban J connectivity index is 4.45. The van der Waals surface area contributed by atoms with E-state index in [9.17, 15) is 0 Å². The smallest absolute Gasteiger partial charge is 0.0290 e. The molecule has 12 heavy (non-hydrogen) atoms. The van der Waals surface area contributed by atoms with Crippen molar-refractivity contribution in [3.63, 3.8) is 0 Å². The molecule has 0 aliphatic rings. The second kappa shape index (κ2) is 4.54. The Bertz CT molecular complexity index is 118. The lowest BCUT2D eigenvalue weighted by Gasteiger charge is -2.36. The molecule has 74 valence electrons. The molecule has 0 saturated heterocycles. The van der Waals surface area contributed by atoms with Gasteiger partial charge in [0, 0.05) is 31.6 Å². The van der Waals surface area contributed by atoms with Gasteiger partial charge >= 0.3 is 0 Å². The van der Waals surface area contributed by atoms with E-state index >= 15 is 0 Å². The highest BCUT2D eigenvalue weighted by atomic mass is 30.0. The van der Waals surface area contributed by atoms with Crippen molar-refractivity contribution in [2.45, 2.75) is 45.8 Å². The summed E-state index contributed by atoms with van der Waals surface area (Å²) in [5, 5.41) is 0. The third-order valence-electron chi connectivity index (χ3n) is 2.67. The molecule has 0 aromatic carbocycles. The molecule has 0 unspecified atom stereocenters. The van der Waals surface area contributed by atoms with Gasteiger partial charge in [0.1, 0.15) is 0 Å². The fourth-order valence-corrected chi connectivity index (χ4v) is 129. The molecule has 0 atom stereocenters. The molecule has 0 saturated carbocycles. The lowest BCUT2D eigenvalue weighted by Crippen LogP contribution is -2.63. The summed E-state index contributed by atoms with van der Waals surface area (Å²) in [6.45, 7) is 18.5. The van der Waals surface area contributed by atoms with Crippen molar-refractivity contribution in [1.82, 2.24) is 0 Å². The maximum atomic E-state index is 2.65. The monoisotopic (exact) mass is 250 g/mol. The van der Waals surface area contributed by atoms with Gasteiger partial charge in [-0.05, 0) is 8.55 Å². The Labute approximate surface area is 86.0 Å². The van der Waals surface area contributed by atoms with Gasteiger partial charge in [0.15, 0.2) is 0 Å². The second-order valence-corrected chi connectivity index (χ2v) is 51.8. The van der Waals surface area contributed by atoms with E-state index in [0.717, 1.165) is 0 Å². The molecule has 0 heterocycles. The van der Waals surface area contributed by atoms with Crippen LogP contribution in [0.25, 0.3) is 0 Å². The molecule has 0 amide bonds. The second-order valence-electron chi connectivity index (χ2n) is 6.07. The fraction of sp³-hybridized carbons (Fsp3) is 1.00. The van der Waals surface area contributed by atoms with Crippen LogP contribution in [0.4, 0.5) is 0 Å². The summed E-state index contributed by atoms with van der Waals surface area (Å²) in [6, 6.07) is 0. The molecule has 5 heteroatoms. The molecule has 0 fully saturated rings. The van der Waals surface area contributed by atoms with Crippen molar-refractivity contribution in [3.05, 3.63) is 0 Å². The summed E-state index contributed by atoms with van der Waals surface area (Å²) in [5.74, 6) is 0. The van der Waals surface area contributed by atoms with E-state index in [4.69, 9.17) is 0 Å². The number of hydrogen-bond acceptors (Lipinski definition) is 0. The summed E-state index contributed by atoms with van der Waals surface area (Å²) in [6.07, 6.45) is 0. The molecule has 0 aromatic rings. The third kappa shape index (κ3) is 4.36. The van der Waals surface area contributed by atoms with Gasteiger partial charge < -0.3 is 0 Å². The quantitative estimate of drug-likeness (QED) is 0.649. The minimum absolute atomic E-state index is 0.132. The van der Waals surface area contributed by atoms with Gasteiger partial charge in [-0.1, -0.05) is 45.8 Å². The van der Waals surface area contributed by atoms with Gasteiger partial charge in [-0.15, -0.1) is 0 Å². The molecule has 0 nitrogen and oxygen atoms in total. The van der Waals surface area contributed by atoms with Crippen LogP contribution in [-0.2, 0) is 0 Å². The maximum Gasteiger partial charge on any atom is 0.0290 e. The molecule has 0 radical (unpaired) electrons. The highest BCUT2D eigenvalue weighted by Crippen LogP contribution is 2.16. The van der Waals surface area contributed by atoms with Gasteiger partial charge in [-0.25, -0.2) is 0 Å². The fourth-order valence-electron chi connectivity index (χ4n) is 2.45. The zero-order valence-electron chi connectivity index (χ0n) is 9.99. The molecule has 0 bridgehead atoms. The first-order valence-electron chi connectivity index (χ1n) is 5.19.